The van der Waals surface area contributed by atoms with Crippen LogP contribution in [0.1, 0.15) is 11.1 Å². The van der Waals surface area contributed by atoms with Crippen molar-refractivity contribution in [2.45, 2.75) is 6.54 Å². The second-order valence-corrected chi connectivity index (χ2v) is 3.27. The molecule has 0 atom stereocenters. The zero-order valence-electron chi connectivity index (χ0n) is 6.86. The number of carbonyl (C=O) groups is 1. The zero-order valence-corrected chi connectivity index (χ0v) is 7.67. The van der Waals surface area contributed by atoms with Crippen molar-refractivity contribution in [3.63, 3.8) is 0 Å². The standard InChI is InChI=1S/C9H8N2OS/c10-9(12)11-5-6-3-1-2-4-7(6)8(11)13/h1-4H,5H2,(H2,10,12). The lowest BCUT2D eigenvalue weighted by Crippen LogP contribution is -2.35. The summed E-state index contributed by atoms with van der Waals surface area (Å²) in [6.45, 7) is 0.504. The highest BCUT2D eigenvalue weighted by atomic mass is 32.1. The molecule has 3 nitrogen and oxygen atoms in total. The van der Waals surface area contributed by atoms with Crippen LogP contribution < -0.4 is 5.73 Å². The Morgan fingerprint density at radius 3 is 2.77 bits per heavy atom. The third-order valence-electron chi connectivity index (χ3n) is 2.09. The van der Waals surface area contributed by atoms with E-state index < -0.39 is 6.03 Å². The van der Waals surface area contributed by atoms with E-state index in [2.05, 4.69) is 0 Å². The lowest BCUT2D eigenvalue weighted by atomic mass is 10.1. The predicted octanol–water partition coefficient (Wildman–Crippen LogP) is 1.26. The van der Waals surface area contributed by atoms with Crippen LogP contribution in [-0.4, -0.2) is 15.9 Å². The molecule has 2 rings (SSSR count). The average molecular weight is 192 g/mol. The summed E-state index contributed by atoms with van der Waals surface area (Å²) < 4.78 is 0. The maximum Gasteiger partial charge on any atom is 0.320 e. The van der Waals surface area contributed by atoms with Gasteiger partial charge in [0, 0.05) is 5.56 Å². The molecular weight excluding hydrogens is 184 g/mol. The van der Waals surface area contributed by atoms with E-state index in [1.165, 1.54) is 4.90 Å². The van der Waals surface area contributed by atoms with Gasteiger partial charge in [-0.3, -0.25) is 4.90 Å². The van der Waals surface area contributed by atoms with Gasteiger partial charge in [-0.1, -0.05) is 36.5 Å². The number of rotatable bonds is 0. The molecule has 0 spiro atoms. The Morgan fingerprint density at radius 1 is 1.46 bits per heavy atom. The van der Waals surface area contributed by atoms with Crippen molar-refractivity contribution in [3.05, 3.63) is 35.4 Å². The third kappa shape index (κ3) is 1.19. The van der Waals surface area contributed by atoms with Gasteiger partial charge in [-0.15, -0.1) is 0 Å². The van der Waals surface area contributed by atoms with Crippen LogP contribution in [-0.2, 0) is 6.54 Å². The maximum atomic E-state index is 10.9. The fraction of sp³-hybridized carbons (Fsp3) is 0.111. The highest BCUT2D eigenvalue weighted by Crippen LogP contribution is 2.22. The van der Waals surface area contributed by atoms with Gasteiger partial charge < -0.3 is 5.73 Å². The van der Waals surface area contributed by atoms with E-state index >= 15 is 0 Å². The molecule has 0 bridgehead atoms. The molecule has 1 heterocycles. The summed E-state index contributed by atoms with van der Waals surface area (Å²) in [6, 6.07) is 7.19. The molecule has 2 amide bonds. The van der Waals surface area contributed by atoms with Crippen LogP contribution in [0.3, 0.4) is 0 Å². The molecule has 0 aliphatic carbocycles. The molecule has 0 radical (unpaired) electrons. The predicted molar refractivity (Wildman–Crippen MR) is 53.3 cm³/mol. The van der Waals surface area contributed by atoms with Gasteiger partial charge in [-0.2, -0.15) is 0 Å². The highest BCUT2D eigenvalue weighted by molar-refractivity contribution is 7.80. The van der Waals surface area contributed by atoms with E-state index in [4.69, 9.17) is 18.0 Å². The number of fused-ring (bicyclic) bond motifs is 1. The first-order valence-corrected chi connectivity index (χ1v) is 4.30. The highest BCUT2D eigenvalue weighted by Gasteiger charge is 2.26. The number of hydrogen-bond donors (Lipinski definition) is 1. The minimum absolute atomic E-state index is 0.485. The van der Waals surface area contributed by atoms with Gasteiger partial charge in [-0.05, 0) is 5.56 Å². The first-order valence-electron chi connectivity index (χ1n) is 3.89. The van der Waals surface area contributed by atoms with Gasteiger partial charge in [-0.25, -0.2) is 4.79 Å². The third-order valence-corrected chi connectivity index (χ3v) is 2.53. The van der Waals surface area contributed by atoms with E-state index in [0.29, 0.717) is 11.5 Å². The Bertz CT molecular complexity index is 389. The van der Waals surface area contributed by atoms with Crippen LogP contribution in [0.4, 0.5) is 4.79 Å². The molecule has 66 valence electrons. The molecule has 1 aromatic carbocycles. The molecule has 2 N–H and O–H groups in total. The van der Waals surface area contributed by atoms with Crippen molar-refractivity contribution in [1.29, 1.82) is 0 Å². The van der Waals surface area contributed by atoms with Crippen molar-refractivity contribution >= 4 is 23.2 Å². The summed E-state index contributed by atoms with van der Waals surface area (Å²) in [6.07, 6.45) is 0. The van der Waals surface area contributed by atoms with Gasteiger partial charge in [0.1, 0.15) is 4.99 Å². The normalized spacial score (nSPS) is 14.5. The Balaban J connectivity index is 2.44. The number of carbonyl (C=O) groups excluding carboxylic acids is 1. The summed E-state index contributed by atoms with van der Waals surface area (Å²) >= 11 is 5.10. The molecule has 1 aromatic rings. The van der Waals surface area contributed by atoms with Gasteiger partial charge in [0.2, 0.25) is 0 Å². The van der Waals surface area contributed by atoms with Crippen molar-refractivity contribution in [3.8, 4) is 0 Å². The number of hydrogen-bond acceptors (Lipinski definition) is 2. The van der Waals surface area contributed by atoms with Crippen LogP contribution in [0.2, 0.25) is 0 Å². The van der Waals surface area contributed by atoms with Crippen molar-refractivity contribution in [1.82, 2.24) is 4.90 Å². The topological polar surface area (TPSA) is 46.3 Å². The molecule has 1 aliphatic heterocycles. The lowest BCUT2D eigenvalue weighted by Gasteiger charge is -2.11. The van der Waals surface area contributed by atoms with Crippen LogP contribution in [0.5, 0.6) is 0 Å². The van der Waals surface area contributed by atoms with Crippen LogP contribution in [0.25, 0.3) is 0 Å². The fourth-order valence-electron chi connectivity index (χ4n) is 1.43. The molecule has 0 fully saturated rings. The molecule has 0 aromatic heterocycles. The number of thiocarbonyl (C=S) groups is 1. The average Bonchev–Trinajstić information content (AvgIpc) is 2.45. The molecule has 4 heteroatoms. The van der Waals surface area contributed by atoms with Crippen molar-refractivity contribution in [2.75, 3.05) is 0 Å². The van der Waals surface area contributed by atoms with Crippen molar-refractivity contribution < 1.29 is 4.79 Å². The van der Waals surface area contributed by atoms with Gasteiger partial charge >= 0.3 is 6.03 Å². The lowest BCUT2D eigenvalue weighted by molar-refractivity contribution is 0.230. The number of benzene rings is 1. The second kappa shape index (κ2) is 2.81. The largest absolute Gasteiger partial charge is 0.351 e. The molecule has 0 unspecified atom stereocenters. The zero-order chi connectivity index (χ0) is 9.42. The Kier molecular flexibility index (Phi) is 1.77. The first kappa shape index (κ1) is 8.19. The summed E-state index contributed by atoms with van der Waals surface area (Å²) in [5, 5.41) is 0. The monoisotopic (exact) mass is 192 g/mol. The summed E-state index contributed by atoms with van der Waals surface area (Å²) in [5.41, 5.74) is 7.17. The second-order valence-electron chi connectivity index (χ2n) is 2.89. The van der Waals surface area contributed by atoms with E-state index in [-0.39, 0.29) is 0 Å². The number of urea groups is 1. The number of nitrogens with two attached hydrogens (primary N) is 1. The minimum Gasteiger partial charge on any atom is -0.351 e. The fourth-order valence-corrected chi connectivity index (χ4v) is 1.79. The molecular formula is C9H8N2OS. The Hall–Kier alpha value is -1.42. The molecule has 0 saturated carbocycles. The minimum atomic E-state index is -0.485. The number of primary amides is 1. The quantitative estimate of drug-likeness (QED) is 0.629. The smallest absolute Gasteiger partial charge is 0.320 e. The van der Waals surface area contributed by atoms with E-state index in [1.54, 1.807) is 0 Å². The van der Waals surface area contributed by atoms with E-state index in [9.17, 15) is 4.79 Å². The van der Waals surface area contributed by atoms with Crippen LogP contribution >= 0.6 is 12.2 Å². The van der Waals surface area contributed by atoms with Gasteiger partial charge in [0.25, 0.3) is 0 Å². The Labute approximate surface area is 81.1 Å². The number of amides is 2. The van der Waals surface area contributed by atoms with Crippen molar-refractivity contribution in [2.24, 2.45) is 5.73 Å². The summed E-state index contributed by atoms with van der Waals surface area (Å²) in [5.74, 6) is 0. The molecule has 1 aliphatic rings. The SMILES string of the molecule is NC(=O)N1Cc2ccccc2C1=S. The van der Waals surface area contributed by atoms with Crippen LogP contribution in [0, 0.1) is 0 Å². The van der Waals surface area contributed by atoms with Crippen LogP contribution in [0.15, 0.2) is 24.3 Å². The molecule has 13 heavy (non-hydrogen) atoms. The summed E-state index contributed by atoms with van der Waals surface area (Å²) in [7, 11) is 0. The Morgan fingerprint density at radius 2 is 2.15 bits per heavy atom. The number of nitrogens with zero attached hydrogens (tertiary/aromatic N) is 1. The van der Waals surface area contributed by atoms with E-state index in [0.717, 1.165) is 11.1 Å². The van der Waals surface area contributed by atoms with E-state index in [1.807, 2.05) is 24.3 Å². The van der Waals surface area contributed by atoms with Gasteiger partial charge in [0.15, 0.2) is 0 Å². The summed E-state index contributed by atoms with van der Waals surface area (Å²) in [4.78, 5) is 12.9. The van der Waals surface area contributed by atoms with Gasteiger partial charge in [0.05, 0.1) is 6.54 Å². The maximum absolute atomic E-state index is 10.9. The first-order chi connectivity index (χ1) is 6.20. The molecule has 0 saturated heterocycles.